The zero-order chi connectivity index (χ0) is 19.5. The molecule has 2 aromatic rings. The fourth-order valence-corrected chi connectivity index (χ4v) is 6.02. The van der Waals surface area contributed by atoms with Crippen molar-refractivity contribution in [1.82, 2.24) is 0 Å². The highest BCUT2D eigenvalue weighted by atomic mass is 79.9. The second-order valence-electron chi connectivity index (χ2n) is 7.93. The van der Waals surface area contributed by atoms with Crippen LogP contribution in [0.1, 0.15) is 37.3 Å². The Bertz CT molecular complexity index is 985. The van der Waals surface area contributed by atoms with Gasteiger partial charge in [0.15, 0.2) is 5.60 Å². The first kappa shape index (κ1) is 18.6. The van der Waals surface area contributed by atoms with E-state index in [1.165, 1.54) is 5.57 Å². The molecule has 3 aliphatic rings. The fourth-order valence-electron chi connectivity index (χ4n) is 5.11. The van der Waals surface area contributed by atoms with Gasteiger partial charge in [0.2, 0.25) is 0 Å². The van der Waals surface area contributed by atoms with Gasteiger partial charge in [0, 0.05) is 20.4 Å². The highest BCUT2D eigenvalue weighted by Gasteiger charge is 2.61. The van der Waals surface area contributed by atoms with Crippen LogP contribution in [0.5, 0.6) is 0 Å². The molecular weight excluding hydrogens is 482 g/mol. The number of allylic oxidation sites excluding steroid dienone is 1. The average Bonchev–Trinajstić information content (AvgIpc) is 3.22. The number of anilines is 1. The quantitative estimate of drug-likeness (QED) is 0.464. The van der Waals surface area contributed by atoms with Crippen molar-refractivity contribution < 1.29 is 9.53 Å². The molecule has 0 radical (unpaired) electrons. The number of fused-ring (bicyclic) bond motifs is 4. The van der Waals surface area contributed by atoms with E-state index in [0.29, 0.717) is 6.54 Å². The summed E-state index contributed by atoms with van der Waals surface area (Å²) in [7, 11) is 0. The predicted octanol–water partition coefficient (Wildman–Crippen LogP) is 6.10. The maximum absolute atomic E-state index is 14.0. The molecule has 1 spiro atoms. The highest BCUT2D eigenvalue weighted by Crippen LogP contribution is 2.58. The van der Waals surface area contributed by atoms with E-state index in [1.807, 2.05) is 35.2 Å². The van der Waals surface area contributed by atoms with Crippen molar-refractivity contribution in [3.05, 3.63) is 74.2 Å². The molecule has 1 aliphatic carbocycles. The monoisotopic (exact) mass is 501 g/mol. The van der Waals surface area contributed by atoms with Crippen molar-refractivity contribution in [2.24, 2.45) is 5.92 Å². The Hall–Kier alpha value is -1.43. The number of halogens is 2. The van der Waals surface area contributed by atoms with Gasteiger partial charge in [-0.15, -0.1) is 0 Å². The molecule has 2 heterocycles. The number of carbonyl (C=O) groups is 1. The zero-order valence-electron chi connectivity index (χ0n) is 15.6. The van der Waals surface area contributed by atoms with Crippen LogP contribution in [-0.4, -0.2) is 12.0 Å². The molecule has 3 unspecified atom stereocenters. The van der Waals surface area contributed by atoms with Gasteiger partial charge in [-0.25, -0.2) is 0 Å². The summed E-state index contributed by atoms with van der Waals surface area (Å²) in [6, 6.07) is 14.2. The lowest BCUT2D eigenvalue weighted by molar-refractivity contribution is -0.168. The summed E-state index contributed by atoms with van der Waals surface area (Å²) in [5.74, 6) is 0.199. The molecule has 0 bridgehead atoms. The molecular formula is C23H21Br2NO2. The number of hydrogen-bond acceptors (Lipinski definition) is 2. The molecule has 28 heavy (non-hydrogen) atoms. The van der Waals surface area contributed by atoms with E-state index >= 15 is 0 Å². The van der Waals surface area contributed by atoms with Crippen LogP contribution in [0.3, 0.4) is 0 Å². The lowest BCUT2D eigenvalue weighted by Gasteiger charge is -2.43. The summed E-state index contributed by atoms with van der Waals surface area (Å²) in [6.45, 7) is 2.62. The average molecular weight is 503 g/mol. The SMILES string of the molecule is CC1CC2=CCCC2C2(O1)C(=O)N(Cc1ccc(Br)cc1)c1cccc(Br)c12. The maximum Gasteiger partial charge on any atom is 0.264 e. The topological polar surface area (TPSA) is 29.5 Å². The van der Waals surface area contributed by atoms with Gasteiger partial charge in [-0.05, 0) is 56.0 Å². The number of hydrogen-bond donors (Lipinski definition) is 0. The minimum absolute atomic E-state index is 0.0251. The second-order valence-corrected chi connectivity index (χ2v) is 9.70. The molecule has 3 atom stereocenters. The van der Waals surface area contributed by atoms with Gasteiger partial charge in [0.25, 0.3) is 5.91 Å². The summed E-state index contributed by atoms with van der Waals surface area (Å²) in [4.78, 5) is 15.9. The molecule has 1 fully saturated rings. The van der Waals surface area contributed by atoms with Crippen LogP contribution in [-0.2, 0) is 21.7 Å². The van der Waals surface area contributed by atoms with E-state index < -0.39 is 5.60 Å². The van der Waals surface area contributed by atoms with E-state index in [-0.39, 0.29) is 17.9 Å². The van der Waals surface area contributed by atoms with Crippen molar-refractivity contribution in [2.45, 2.75) is 44.4 Å². The molecule has 2 aliphatic heterocycles. The summed E-state index contributed by atoms with van der Waals surface area (Å²) in [6.07, 6.45) is 5.27. The van der Waals surface area contributed by atoms with Crippen molar-refractivity contribution in [2.75, 3.05) is 4.90 Å². The number of nitrogens with zero attached hydrogens (tertiary/aromatic N) is 1. The van der Waals surface area contributed by atoms with Gasteiger partial charge in [0.05, 0.1) is 18.3 Å². The minimum Gasteiger partial charge on any atom is -0.356 e. The van der Waals surface area contributed by atoms with E-state index in [9.17, 15) is 4.79 Å². The molecule has 5 heteroatoms. The Morgan fingerprint density at radius 2 is 1.96 bits per heavy atom. The number of rotatable bonds is 2. The first-order chi connectivity index (χ1) is 13.5. The molecule has 2 aromatic carbocycles. The normalized spacial score (nSPS) is 28.5. The van der Waals surface area contributed by atoms with Crippen molar-refractivity contribution in [1.29, 1.82) is 0 Å². The van der Waals surface area contributed by atoms with Gasteiger partial charge >= 0.3 is 0 Å². The smallest absolute Gasteiger partial charge is 0.264 e. The summed E-state index contributed by atoms with van der Waals surface area (Å²) >= 11 is 7.23. The Morgan fingerprint density at radius 1 is 1.18 bits per heavy atom. The minimum atomic E-state index is -0.912. The number of carbonyl (C=O) groups excluding carboxylic acids is 1. The fraction of sp³-hybridized carbons (Fsp3) is 0.348. The molecule has 1 saturated heterocycles. The Morgan fingerprint density at radius 3 is 2.75 bits per heavy atom. The second kappa shape index (κ2) is 6.82. The van der Waals surface area contributed by atoms with Crippen LogP contribution in [0.15, 0.2) is 63.1 Å². The summed E-state index contributed by atoms with van der Waals surface area (Å²) < 4.78 is 8.58. The highest BCUT2D eigenvalue weighted by molar-refractivity contribution is 9.10. The number of benzene rings is 2. The third-order valence-electron chi connectivity index (χ3n) is 6.18. The van der Waals surface area contributed by atoms with Gasteiger partial charge < -0.3 is 9.64 Å². The lowest BCUT2D eigenvalue weighted by Crippen LogP contribution is -2.52. The summed E-state index contributed by atoms with van der Waals surface area (Å²) in [5.41, 5.74) is 3.54. The Labute approximate surface area is 182 Å². The molecule has 0 saturated carbocycles. The number of amides is 1. The summed E-state index contributed by atoms with van der Waals surface area (Å²) in [5, 5.41) is 0. The standard InChI is InChI=1S/C23H21Br2NO2/c1-14-12-16-4-2-5-18(16)23(28-14)21-19(25)6-3-7-20(21)26(22(23)27)13-15-8-10-17(24)11-9-15/h3-4,6-11,14,18H,2,5,12-13H2,1H3. The van der Waals surface area contributed by atoms with Crippen LogP contribution in [0, 0.1) is 5.92 Å². The van der Waals surface area contributed by atoms with Gasteiger partial charge in [-0.1, -0.05) is 61.7 Å². The molecule has 1 amide bonds. The zero-order valence-corrected chi connectivity index (χ0v) is 18.8. The van der Waals surface area contributed by atoms with E-state index in [2.05, 4.69) is 57.0 Å². The molecule has 0 N–H and O–H groups in total. The molecule has 3 nitrogen and oxygen atoms in total. The van der Waals surface area contributed by atoms with Crippen molar-refractivity contribution in [3.63, 3.8) is 0 Å². The first-order valence-corrected chi connectivity index (χ1v) is 11.3. The predicted molar refractivity (Wildman–Crippen MR) is 117 cm³/mol. The van der Waals surface area contributed by atoms with Crippen LogP contribution in [0.25, 0.3) is 0 Å². The van der Waals surface area contributed by atoms with Crippen molar-refractivity contribution in [3.8, 4) is 0 Å². The first-order valence-electron chi connectivity index (χ1n) is 9.73. The Kier molecular flexibility index (Phi) is 4.53. The third kappa shape index (κ3) is 2.66. The molecule has 144 valence electrons. The largest absolute Gasteiger partial charge is 0.356 e. The third-order valence-corrected chi connectivity index (χ3v) is 7.37. The van der Waals surface area contributed by atoms with Gasteiger partial charge in [-0.2, -0.15) is 0 Å². The van der Waals surface area contributed by atoms with E-state index in [4.69, 9.17) is 4.74 Å². The van der Waals surface area contributed by atoms with E-state index in [1.54, 1.807) is 0 Å². The van der Waals surface area contributed by atoms with Crippen molar-refractivity contribution >= 4 is 43.5 Å². The van der Waals surface area contributed by atoms with Crippen LogP contribution >= 0.6 is 31.9 Å². The lowest BCUT2D eigenvalue weighted by atomic mass is 9.74. The van der Waals surface area contributed by atoms with Crippen LogP contribution in [0.4, 0.5) is 5.69 Å². The van der Waals surface area contributed by atoms with E-state index in [0.717, 1.165) is 45.0 Å². The van der Waals surface area contributed by atoms with Crippen LogP contribution < -0.4 is 4.90 Å². The molecule has 0 aromatic heterocycles. The molecule has 5 rings (SSSR count). The maximum atomic E-state index is 14.0. The van der Waals surface area contributed by atoms with Gasteiger partial charge in [0.1, 0.15) is 0 Å². The van der Waals surface area contributed by atoms with Crippen LogP contribution in [0.2, 0.25) is 0 Å². The van der Waals surface area contributed by atoms with Gasteiger partial charge in [-0.3, -0.25) is 4.79 Å². The Balaban J connectivity index is 1.65. The number of ether oxygens (including phenoxy) is 1.